The first-order chi connectivity index (χ1) is 11.0. The molecule has 0 unspecified atom stereocenters. The summed E-state index contributed by atoms with van der Waals surface area (Å²) in [6.07, 6.45) is 1.63. The van der Waals surface area contributed by atoms with Crippen molar-refractivity contribution in [1.82, 2.24) is 9.21 Å². The van der Waals surface area contributed by atoms with Crippen LogP contribution in [-0.2, 0) is 16.6 Å². The fourth-order valence-electron chi connectivity index (χ4n) is 2.68. The van der Waals surface area contributed by atoms with E-state index < -0.39 is 15.8 Å². The first-order valence-corrected chi connectivity index (χ1v) is 8.92. The Bertz CT molecular complexity index is 767. The number of aryl methyl sites for hydroxylation is 1. The van der Waals surface area contributed by atoms with E-state index in [0.717, 1.165) is 5.76 Å². The van der Waals surface area contributed by atoms with Crippen LogP contribution in [0.3, 0.4) is 0 Å². The molecule has 0 spiro atoms. The van der Waals surface area contributed by atoms with E-state index in [1.165, 1.54) is 22.5 Å². The standard InChI is InChI=1S/C16H19FN2O3S/c1-13-11-15(4-5-16(13)17)23(20,21)19-8-6-18(7-9-19)12-14-3-2-10-22-14/h2-5,10-11H,6-9,12H2,1H3. The third-order valence-corrected chi connectivity index (χ3v) is 5.95. The average molecular weight is 338 g/mol. The third kappa shape index (κ3) is 3.46. The number of benzene rings is 1. The number of furan rings is 1. The molecule has 2 heterocycles. The second kappa shape index (κ2) is 6.43. The van der Waals surface area contributed by atoms with E-state index >= 15 is 0 Å². The lowest BCUT2D eigenvalue weighted by atomic mass is 10.2. The summed E-state index contributed by atoms with van der Waals surface area (Å²) in [4.78, 5) is 2.30. The second-order valence-corrected chi connectivity index (χ2v) is 7.61. The summed E-state index contributed by atoms with van der Waals surface area (Å²) in [5.74, 6) is 0.475. The summed E-state index contributed by atoms with van der Waals surface area (Å²) >= 11 is 0. The average Bonchev–Trinajstić information content (AvgIpc) is 3.03. The molecule has 124 valence electrons. The predicted octanol–water partition coefficient (Wildman–Crippen LogP) is 2.23. The van der Waals surface area contributed by atoms with Crippen molar-refractivity contribution in [1.29, 1.82) is 0 Å². The van der Waals surface area contributed by atoms with E-state index in [2.05, 4.69) is 4.90 Å². The molecule has 1 aliphatic heterocycles. The molecular formula is C16H19FN2O3S. The van der Waals surface area contributed by atoms with Crippen LogP contribution in [0.25, 0.3) is 0 Å². The van der Waals surface area contributed by atoms with Crippen LogP contribution in [0.4, 0.5) is 4.39 Å². The molecule has 1 aromatic heterocycles. The van der Waals surface area contributed by atoms with Crippen molar-refractivity contribution < 1.29 is 17.2 Å². The summed E-state index contributed by atoms with van der Waals surface area (Å²) < 4.78 is 45.4. The second-order valence-electron chi connectivity index (χ2n) is 5.67. The van der Waals surface area contributed by atoms with Crippen molar-refractivity contribution in [3.05, 3.63) is 53.7 Å². The molecule has 1 saturated heterocycles. The van der Waals surface area contributed by atoms with Gasteiger partial charge in [0.15, 0.2) is 0 Å². The van der Waals surface area contributed by atoms with E-state index in [1.54, 1.807) is 13.2 Å². The van der Waals surface area contributed by atoms with Crippen LogP contribution in [0.15, 0.2) is 45.9 Å². The van der Waals surface area contributed by atoms with Gasteiger partial charge in [0, 0.05) is 26.2 Å². The van der Waals surface area contributed by atoms with Gasteiger partial charge in [-0.1, -0.05) is 0 Å². The molecule has 5 nitrogen and oxygen atoms in total. The van der Waals surface area contributed by atoms with Crippen LogP contribution in [0, 0.1) is 12.7 Å². The first kappa shape index (κ1) is 16.2. The van der Waals surface area contributed by atoms with Gasteiger partial charge in [-0.3, -0.25) is 4.90 Å². The highest BCUT2D eigenvalue weighted by Gasteiger charge is 2.29. The summed E-state index contributed by atoms with van der Waals surface area (Å²) in [6.45, 7) is 4.35. The van der Waals surface area contributed by atoms with Gasteiger partial charge in [0.05, 0.1) is 17.7 Å². The first-order valence-electron chi connectivity index (χ1n) is 7.48. The van der Waals surface area contributed by atoms with Crippen molar-refractivity contribution in [2.45, 2.75) is 18.4 Å². The van der Waals surface area contributed by atoms with Crippen LogP contribution in [0.2, 0.25) is 0 Å². The Morgan fingerprint density at radius 2 is 1.91 bits per heavy atom. The maximum absolute atomic E-state index is 13.3. The minimum absolute atomic E-state index is 0.149. The minimum atomic E-state index is -3.57. The molecule has 1 fully saturated rings. The molecule has 23 heavy (non-hydrogen) atoms. The van der Waals surface area contributed by atoms with Crippen molar-refractivity contribution in [3.63, 3.8) is 0 Å². The van der Waals surface area contributed by atoms with Gasteiger partial charge in [-0.25, -0.2) is 12.8 Å². The zero-order valence-corrected chi connectivity index (χ0v) is 13.7. The van der Waals surface area contributed by atoms with Gasteiger partial charge < -0.3 is 4.42 Å². The molecule has 2 aromatic rings. The van der Waals surface area contributed by atoms with Gasteiger partial charge in [-0.2, -0.15) is 4.31 Å². The lowest BCUT2D eigenvalue weighted by Crippen LogP contribution is -2.48. The van der Waals surface area contributed by atoms with Crippen molar-refractivity contribution in [3.8, 4) is 0 Å². The summed E-state index contributed by atoms with van der Waals surface area (Å²) in [7, 11) is -3.57. The highest BCUT2D eigenvalue weighted by Crippen LogP contribution is 2.20. The molecule has 0 saturated carbocycles. The number of nitrogens with zero attached hydrogens (tertiary/aromatic N) is 2. The van der Waals surface area contributed by atoms with Gasteiger partial charge in [0.1, 0.15) is 11.6 Å². The molecule has 7 heteroatoms. The molecule has 0 atom stereocenters. The Kier molecular flexibility index (Phi) is 4.52. The predicted molar refractivity (Wildman–Crippen MR) is 83.9 cm³/mol. The quantitative estimate of drug-likeness (QED) is 0.858. The third-order valence-electron chi connectivity index (χ3n) is 4.06. The lowest BCUT2D eigenvalue weighted by molar-refractivity contribution is 0.171. The summed E-state index contributed by atoms with van der Waals surface area (Å²) in [5.41, 5.74) is 0.336. The fraction of sp³-hybridized carbons (Fsp3) is 0.375. The molecule has 0 aliphatic carbocycles. The summed E-state index contributed by atoms with van der Waals surface area (Å²) in [5, 5.41) is 0. The highest BCUT2D eigenvalue weighted by atomic mass is 32.2. The Morgan fingerprint density at radius 1 is 1.17 bits per heavy atom. The van der Waals surface area contributed by atoms with Crippen LogP contribution >= 0.6 is 0 Å². The molecular weight excluding hydrogens is 319 g/mol. The van der Waals surface area contributed by atoms with Gasteiger partial charge in [-0.15, -0.1) is 0 Å². The van der Waals surface area contributed by atoms with Gasteiger partial charge >= 0.3 is 0 Å². The number of halogens is 1. The number of sulfonamides is 1. The minimum Gasteiger partial charge on any atom is -0.468 e. The molecule has 0 amide bonds. The number of hydrogen-bond donors (Lipinski definition) is 0. The number of piperazine rings is 1. The molecule has 0 N–H and O–H groups in total. The van der Waals surface area contributed by atoms with E-state index in [4.69, 9.17) is 4.42 Å². The Morgan fingerprint density at radius 3 is 2.52 bits per heavy atom. The number of hydrogen-bond acceptors (Lipinski definition) is 4. The molecule has 1 aromatic carbocycles. The Hall–Kier alpha value is -1.70. The monoisotopic (exact) mass is 338 g/mol. The van der Waals surface area contributed by atoms with Gasteiger partial charge in [0.2, 0.25) is 10.0 Å². The molecule has 1 aliphatic rings. The SMILES string of the molecule is Cc1cc(S(=O)(=O)N2CCN(Cc3ccco3)CC2)ccc1F. The smallest absolute Gasteiger partial charge is 0.243 e. The molecule has 3 rings (SSSR count). The van der Waals surface area contributed by atoms with E-state index in [1.807, 2.05) is 12.1 Å². The largest absolute Gasteiger partial charge is 0.468 e. The van der Waals surface area contributed by atoms with Crippen molar-refractivity contribution in [2.75, 3.05) is 26.2 Å². The van der Waals surface area contributed by atoms with Crippen LogP contribution < -0.4 is 0 Å². The normalized spacial score (nSPS) is 17.5. The van der Waals surface area contributed by atoms with Gasteiger partial charge in [0.25, 0.3) is 0 Å². The Labute approximate surface area is 135 Å². The van der Waals surface area contributed by atoms with Crippen molar-refractivity contribution in [2.24, 2.45) is 0 Å². The van der Waals surface area contributed by atoms with E-state index in [0.29, 0.717) is 38.3 Å². The van der Waals surface area contributed by atoms with Crippen LogP contribution in [0.5, 0.6) is 0 Å². The topological polar surface area (TPSA) is 53.8 Å². The maximum Gasteiger partial charge on any atom is 0.243 e. The lowest BCUT2D eigenvalue weighted by Gasteiger charge is -2.33. The van der Waals surface area contributed by atoms with E-state index in [-0.39, 0.29) is 4.90 Å². The van der Waals surface area contributed by atoms with Crippen LogP contribution in [0.1, 0.15) is 11.3 Å². The van der Waals surface area contributed by atoms with E-state index in [9.17, 15) is 12.8 Å². The fourth-order valence-corrected chi connectivity index (χ4v) is 4.19. The zero-order valence-electron chi connectivity index (χ0n) is 12.9. The molecule has 0 radical (unpaired) electrons. The van der Waals surface area contributed by atoms with Crippen molar-refractivity contribution >= 4 is 10.0 Å². The van der Waals surface area contributed by atoms with Gasteiger partial charge in [-0.05, 0) is 42.8 Å². The zero-order chi connectivity index (χ0) is 16.4. The summed E-state index contributed by atoms with van der Waals surface area (Å²) in [6, 6.07) is 7.67. The molecule has 0 bridgehead atoms. The Balaban J connectivity index is 1.67. The number of rotatable bonds is 4. The highest BCUT2D eigenvalue weighted by molar-refractivity contribution is 7.89. The van der Waals surface area contributed by atoms with Crippen LogP contribution in [-0.4, -0.2) is 43.8 Å². The maximum atomic E-state index is 13.3.